The fourth-order valence-corrected chi connectivity index (χ4v) is 2.43. The Hall–Kier alpha value is -1.48. The van der Waals surface area contributed by atoms with Gasteiger partial charge in [-0.3, -0.25) is 4.79 Å². The summed E-state index contributed by atoms with van der Waals surface area (Å²) in [5.74, 6) is -1.12. The molecule has 0 aliphatic rings. The first-order chi connectivity index (χ1) is 10.2. The molecule has 0 saturated heterocycles. The molecule has 0 aliphatic heterocycles. The van der Waals surface area contributed by atoms with Gasteiger partial charge in [-0.05, 0) is 25.0 Å². The lowest BCUT2D eigenvalue weighted by molar-refractivity contribution is -0.150. The van der Waals surface area contributed by atoms with Gasteiger partial charge in [-0.2, -0.15) is 18.2 Å². The predicted molar refractivity (Wildman–Crippen MR) is 79.2 cm³/mol. The first kappa shape index (κ1) is 18.6. The normalized spacial score (nSPS) is 14.6. The fraction of sp³-hybridized carbons (Fsp3) is 0.500. The van der Waals surface area contributed by atoms with Crippen LogP contribution in [0.25, 0.3) is 0 Å². The molecule has 0 aromatic heterocycles. The monoisotopic (exact) mass is 331 g/mol. The molecule has 2 atom stereocenters. The van der Waals surface area contributed by atoms with Gasteiger partial charge in [0.15, 0.2) is 6.04 Å². The third-order valence-corrected chi connectivity index (χ3v) is 4.24. The largest absolute Gasteiger partial charge is 0.468 e. The van der Waals surface area contributed by atoms with Crippen LogP contribution >= 0.6 is 0 Å². The number of hydrogen-bond donors (Lipinski definition) is 2. The maximum atomic E-state index is 12.0. The van der Waals surface area contributed by atoms with E-state index in [1.165, 1.54) is 12.1 Å². The molecule has 1 rings (SSSR count). The molecule has 0 heterocycles. The Morgan fingerprint density at radius 2 is 1.77 bits per heavy atom. The lowest BCUT2D eigenvalue weighted by Gasteiger charge is -2.23. The Morgan fingerprint density at radius 1 is 1.23 bits per heavy atom. The molecule has 0 fully saturated rings. The van der Waals surface area contributed by atoms with E-state index in [1.807, 2.05) is 6.92 Å². The summed E-state index contributed by atoms with van der Waals surface area (Å²) in [7, 11) is -2.97. The van der Waals surface area contributed by atoms with Crippen LogP contribution in [0.3, 0.4) is 0 Å². The van der Waals surface area contributed by atoms with Gasteiger partial charge in [-0.15, -0.1) is 0 Å². The number of methoxy groups -OCH3 is 1. The van der Waals surface area contributed by atoms with Crippen LogP contribution in [-0.2, 0) is 23.9 Å². The molecule has 0 radical (unpaired) electrons. The number of rotatable bonds is 7. The van der Waals surface area contributed by atoms with Crippen LogP contribution in [0.5, 0.6) is 0 Å². The van der Waals surface area contributed by atoms with Gasteiger partial charge in [-0.1, -0.05) is 31.5 Å². The molecule has 1 aromatic rings. The van der Waals surface area contributed by atoms with Gasteiger partial charge in [-0.25, -0.2) is 0 Å². The minimum Gasteiger partial charge on any atom is -0.468 e. The zero-order valence-electron chi connectivity index (χ0n) is 12.9. The van der Waals surface area contributed by atoms with Crippen molar-refractivity contribution in [3.8, 4) is 0 Å². The van der Waals surface area contributed by atoms with Gasteiger partial charge < -0.3 is 9.84 Å². The number of aliphatic hydroxyl groups is 1. The van der Waals surface area contributed by atoms with Crippen LogP contribution in [-0.4, -0.2) is 38.7 Å². The summed E-state index contributed by atoms with van der Waals surface area (Å²) >= 11 is 0. The molecule has 0 unspecified atom stereocenters. The van der Waals surface area contributed by atoms with Crippen LogP contribution in [0, 0.1) is 12.8 Å². The number of esters is 1. The van der Waals surface area contributed by atoms with Crippen molar-refractivity contribution >= 4 is 16.1 Å². The summed E-state index contributed by atoms with van der Waals surface area (Å²) in [4.78, 5) is 11.6. The third-order valence-electron chi connectivity index (χ3n) is 3.07. The van der Waals surface area contributed by atoms with E-state index in [4.69, 9.17) is 0 Å². The highest BCUT2D eigenvalue weighted by Gasteiger charge is 2.32. The standard InChI is InChI=1S/C14H21NO6S/c1-9(2)13(16)12(14(17)20-4)15-21-22(18,19)11-7-5-10(3)6-8-11/h5-9,12-13,15-16H,1-4H3/t12-,13-/m0/s1. The third kappa shape index (κ3) is 4.77. The number of ether oxygens (including phenoxy) is 1. The van der Waals surface area contributed by atoms with E-state index in [1.54, 1.807) is 26.0 Å². The van der Waals surface area contributed by atoms with Crippen LogP contribution in [0.15, 0.2) is 29.2 Å². The van der Waals surface area contributed by atoms with Crippen LogP contribution < -0.4 is 5.48 Å². The number of hydrogen-bond acceptors (Lipinski definition) is 7. The van der Waals surface area contributed by atoms with E-state index in [9.17, 15) is 18.3 Å². The molecule has 124 valence electrons. The average molecular weight is 331 g/mol. The summed E-state index contributed by atoms with van der Waals surface area (Å²) in [6.07, 6.45) is -1.17. The van der Waals surface area contributed by atoms with E-state index >= 15 is 0 Å². The second-order valence-electron chi connectivity index (χ2n) is 5.20. The number of carbonyl (C=O) groups is 1. The molecular formula is C14H21NO6S. The molecule has 22 heavy (non-hydrogen) atoms. The summed E-state index contributed by atoms with van der Waals surface area (Å²) in [6, 6.07) is 4.70. The molecule has 0 saturated carbocycles. The second kappa shape index (κ2) is 7.68. The quantitative estimate of drug-likeness (QED) is 0.562. The summed E-state index contributed by atoms with van der Waals surface area (Å²) < 4.78 is 33.3. The minimum absolute atomic E-state index is 0.0618. The highest BCUT2D eigenvalue weighted by Crippen LogP contribution is 2.14. The van der Waals surface area contributed by atoms with E-state index in [-0.39, 0.29) is 10.8 Å². The summed E-state index contributed by atoms with van der Waals surface area (Å²) in [6.45, 7) is 5.18. The zero-order chi connectivity index (χ0) is 16.9. The van der Waals surface area contributed by atoms with E-state index in [0.29, 0.717) is 0 Å². The molecule has 7 nitrogen and oxygen atoms in total. The Bertz CT molecular complexity index is 596. The lowest BCUT2D eigenvalue weighted by Crippen LogP contribution is -2.49. The molecule has 1 aromatic carbocycles. The highest BCUT2D eigenvalue weighted by atomic mass is 32.2. The van der Waals surface area contributed by atoms with Gasteiger partial charge in [0.25, 0.3) is 0 Å². The van der Waals surface area contributed by atoms with Crippen LogP contribution in [0.1, 0.15) is 19.4 Å². The van der Waals surface area contributed by atoms with E-state index in [2.05, 4.69) is 14.5 Å². The molecule has 8 heteroatoms. The van der Waals surface area contributed by atoms with Crippen molar-refractivity contribution in [2.24, 2.45) is 5.92 Å². The number of carbonyl (C=O) groups excluding carboxylic acids is 1. The van der Waals surface area contributed by atoms with Crippen molar-refractivity contribution in [2.75, 3.05) is 7.11 Å². The SMILES string of the molecule is COC(=O)[C@@H](NOS(=O)(=O)c1ccc(C)cc1)[C@@H](O)C(C)C. The smallest absolute Gasteiger partial charge is 0.327 e. The van der Waals surface area contributed by atoms with Crippen molar-refractivity contribution < 1.29 is 27.3 Å². The lowest BCUT2D eigenvalue weighted by atomic mass is 10.0. The average Bonchev–Trinajstić information content (AvgIpc) is 2.47. The zero-order valence-corrected chi connectivity index (χ0v) is 13.8. The summed E-state index contributed by atoms with van der Waals surface area (Å²) in [5.41, 5.74) is 2.99. The van der Waals surface area contributed by atoms with Gasteiger partial charge in [0.1, 0.15) is 0 Å². The van der Waals surface area contributed by atoms with Gasteiger partial charge in [0, 0.05) is 0 Å². The maximum absolute atomic E-state index is 12.0. The Labute approximate surface area is 130 Å². The van der Waals surface area contributed by atoms with E-state index in [0.717, 1.165) is 12.7 Å². The van der Waals surface area contributed by atoms with Gasteiger partial charge >= 0.3 is 16.1 Å². The first-order valence-electron chi connectivity index (χ1n) is 6.70. The van der Waals surface area contributed by atoms with Gasteiger partial charge in [0.05, 0.1) is 18.1 Å². The number of benzene rings is 1. The Kier molecular flexibility index (Phi) is 6.48. The Morgan fingerprint density at radius 3 is 2.23 bits per heavy atom. The number of hydroxylamine groups is 1. The number of nitrogens with one attached hydrogen (secondary N) is 1. The molecule has 0 bridgehead atoms. The highest BCUT2D eigenvalue weighted by molar-refractivity contribution is 7.86. The van der Waals surface area contributed by atoms with E-state index < -0.39 is 28.2 Å². The van der Waals surface area contributed by atoms with Gasteiger partial charge in [0.2, 0.25) is 0 Å². The Balaban J connectivity index is 2.87. The second-order valence-corrected chi connectivity index (χ2v) is 6.75. The maximum Gasteiger partial charge on any atom is 0.327 e. The van der Waals surface area contributed by atoms with Crippen LogP contribution in [0.2, 0.25) is 0 Å². The number of aryl methyl sites for hydroxylation is 1. The summed E-state index contributed by atoms with van der Waals surface area (Å²) in [5, 5.41) is 9.95. The minimum atomic E-state index is -4.10. The topological polar surface area (TPSA) is 102 Å². The van der Waals surface area contributed by atoms with Crippen molar-refractivity contribution in [3.63, 3.8) is 0 Å². The van der Waals surface area contributed by atoms with Crippen molar-refractivity contribution in [2.45, 2.75) is 37.8 Å². The fourth-order valence-electron chi connectivity index (χ4n) is 1.64. The van der Waals surface area contributed by atoms with Crippen molar-refractivity contribution in [1.82, 2.24) is 5.48 Å². The molecule has 0 amide bonds. The van der Waals surface area contributed by atoms with Crippen molar-refractivity contribution in [3.05, 3.63) is 29.8 Å². The molecule has 0 spiro atoms. The molecular weight excluding hydrogens is 310 g/mol. The van der Waals surface area contributed by atoms with Crippen molar-refractivity contribution in [1.29, 1.82) is 0 Å². The predicted octanol–water partition coefficient (Wildman–Crippen LogP) is 0.763. The molecule has 2 N–H and O–H groups in total. The first-order valence-corrected chi connectivity index (χ1v) is 8.11. The number of aliphatic hydroxyl groups excluding tert-OH is 1. The molecule has 0 aliphatic carbocycles. The van der Waals surface area contributed by atoms with Crippen LogP contribution in [0.4, 0.5) is 0 Å².